The maximum Gasteiger partial charge on any atom is 0.223 e. The molecule has 1 aromatic rings. The standard InChI is InChI=1S/C16H22F3N3O2/c1-11(23)22(13-6-5-12(17)15(18)16(13)19)10-7-14(24)20-8-4-9-21(2)3/h5-6H,4,7-10H2,1-3H3,(H,20,24). The minimum Gasteiger partial charge on any atom is -0.356 e. The lowest BCUT2D eigenvalue weighted by molar-refractivity contribution is -0.121. The Morgan fingerprint density at radius 2 is 1.75 bits per heavy atom. The van der Waals surface area contributed by atoms with E-state index in [1.54, 1.807) is 0 Å². The fourth-order valence-corrected chi connectivity index (χ4v) is 2.10. The Labute approximate surface area is 139 Å². The Kier molecular flexibility index (Phi) is 7.70. The van der Waals surface area contributed by atoms with Gasteiger partial charge in [-0.1, -0.05) is 0 Å². The number of nitrogens with zero attached hydrogens (tertiary/aromatic N) is 2. The first kappa shape index (κ1) is 20.0. The van der Waals surface area contributed by atoms with E-state index in [1.807, 2.05) is 19.0 Å². The van der Waals surface area contributed by atoms with E-state index in [2.05, 4.69) is 5.32 Å². The van der Waals surface area contributed by atoms with E-state index in [4.69, 9.17) is 0 Å². The van der Waals surface area contributed by atoms with E-state index in [9.17, 15) is 22.8 Å². The van der Waals surface area contributed by atoms with Crippen LogP contribution >= 0.6 is 0 Å². The van der Waals surface area contributed by atoms with E-state index in [1.165, 1.54) is 0 Å². The van der Waals surface area contributed by atoms with Crippen LogP contribution in [0.2, 0.25) is 0 Å². The van der Waals surface area contributed by atoms with Gasteiger partial charge in [0.15, 0.2) is 17.5 Å². The Morgan fingerprint density at radius 3 is 2.33 bits per heavy atom. The molecule has 0 bridgehead atoms. The van der Waals surface area contributed by atoms with Crippen molar-refractivity contribution in [1.29, 1.82) is 0 Å². The van der Waals surface area contributed by atoms with Gasteiger partial charge < -0.3 is 15.1 Å². The highest BCUT2D eigenvalue weighted by Crippen LogP contribution is 2.24. The number of hydrogen-bond acceptors (Lipinski definition) is 3. The van der Waals surface area contributed by atoms with Crippen molar-refractivity contribution in [2.24, 2.45) is 0 Å². The average molecular weight is 345 g/mol. The average Bonchev–Trinajstić information content (AvgIpc) is 2.51. The van der Waals surface area contributed by atoms with Gasteiger partial charge in [0.1, 0.15) is 0 Å². The van der Waals surface area contributed by atoms with Crippen LogP contribution in [0.25, 0.3) is 0 Å². The molecule has 0 spiro atoms. The second-order valence-corrected chi connectivity index (χ2v) is 5.62. The number of nitrogens with one attached hydrogen (secondary N) is 1. The largest absolute Gasteiger partial charge is 0.356 e. The molecule has 0 aromatic heterocycles. The van der Waals surface area contributed by atoms with Crippen molar-refractivity contribution in [3.8, 4) is 0 Å². The van der Waals surface area contributed by atoms with Gasteiger partial charge in [-0.3, -0.25) is 9.59 Å². The van der Waals surface area contributed by atoms with Gasteiger partial charge in [-0.25, -0.2) is 13.2 Å². The normalized spacial score (nSPS) is 10.8. The highest BCUT2D eigenvalue weighted by Gasteiger charge is 2.21. The molecule has 134 valence electrons. The lowest BCUT2D eigenvalue weighted by Crippen LogP contribution is -2.35. The second kappa shape index (κ2) is 9.27. The van der Waals surface area contributed by atoms with Crippen LogP contribution in [-0.2, 0) is 9.59 Å². The van der Waals surface area contributed by atoms with E-state index in [0.29, 0.717) is 6.54 Å². The smallest absolute Gasteiger partial charge is 0.223 e. The maximum absolute atomic E-state index is 13.8. The van der Waals surface area contributed by atoms with Crippen LogP contribution in [0.5, 0.6) is 0 Å². The minimum absolute atomic E-state index is 0.0695. The number of carbonyl (C=O) groups excluding carboxylic acids is 2. The number of benzene rings is 1. The fraction of sp³-hybridized carbons (Fsp3) is 0.500. The molecule has 1 rings (SSSR count). The Hall–Kier alpha value is -2.09. The highest BCUT2D eigenvalue weighted by atomic mass is 19.2. The van der Waals surface area contributed by atoms with Crippen LogP contribution in [0, 0.1) is 17.5 Å². The van der Waals surface area contributed by atoms with Crippen LogP contribution in [-0.4, -0.2) is 50.4 Å². The van der Waals surface area contributed by atoms with Crippen molar-refractivity contribution in [3.05, 3.63) is 29.6 Å². The minimum atomic E-state index is -1.65. The topological polar surface area (TPSA) is 52.7 Å². The summed E-state index contributed by atoms with van der Waals surface area (Å²) in [5.74, 6) is -5.30. The summed E-state index contributed by atoms with van der Waals surface area (Å²) in [5, 5.41) is 2.69. The molecule has 0 heterocycles. The van der Waals surface area contributed by atoms with Crippen molar-refractivity contribution >= 4 is 17.5 Å². The lowest BCUT2D eigenvalue weighted by Gasteiger charge is -2.21. The first-order valence-electron chi connectivity index (χ1n) is 7.57. The van der Waals surface area contributed by atoms with Gasteiger partial charge in [0.2, 0.25) is 11.8 Å². The van der Waals surface area contributed by atoms with Crippen LogP contribution in [0.3, 0.4) is 0 Å². The molecule has 1 N–H and O–H groups in total. The summed E-state index contributed by atoms with van der Waals surface area (Å²) in [7, 11) is 3.84. The molecule has 0 atom stereocenters. The first-order chi connectivity index (χ1) is 11.2. The number of carbonyl (C=O) groups is 2. The van der Waals surface area contributed by atoms with E-state index in [-0.39, 0.29) is 24.6 Å². The highest BCUT2D eigenvalue weighted by molar-refractivity contribution is 5.92. The summed E-state index contributed by atoms with van der Waals surface area (Å²) >= 11 is 0. The molecule has 0 aliphatic carbocycles. The third-order valence-corrected chi connectivity index (χ3v) is 3.35. The summed E-state index contributed by atoms with van der Waals surface area (Å²) in [4.78, 5) is 26.3. The maximum atomic E-state index is 13.8. The number of rotatable bonds is 8. The molecule has 0 aliphatic heterocycles. The monoisotopic (exact) mass is 345 g/mol. The van der Waals surface area contributed by atoms with E-state index in [0.717, 1.165) is 36.9 Å². The number of amides is 2. The molecule has 0 unspecified atom stereocenters. The molecule has 0 saturated carbocycles. The summed E-state index contributed by atoms with van der Waals surface area (Å²) in [6.07, 6.45) is 0.701. The lowest BCUT2D eigenvalue weighted by atomic mass is 10.2. The third kappa shape index (κ3) is 5.84. The zero-order valence-electron chi connectivity index (χ0n) is 14.0. The number of hydrogen-bond donors (Lipinski definition) is 1. The summed E-state index contributed by atoms with van der Waals surface area (Å²) < 4.78 is 40.1. The van der Waals surface area contributed by atoms with E-state index >= 15 is 0 Å². The number of halogens is 3. The molecular weight excluding hydrogens is 323 g/mol. The molecule has 0 radical (unpaired) electrons. The van der Waals surface area contributed by atoms with Crippen molar-refractivity contribution < 1.29 is 22.8 Å². The molecule has 0 saturated heterocycles. The van der Waals surface area contributed by atoms with Crippen molar-refractivity contribution in [1.82, 2.24) is 10.2 Å². The Morgan fingerprint density at radius 1 is 1.08 bits per heavy atom. The van der Waals surface area contributed by atoms with Gasteiger partial charge in [-0.05, 0) is 39.2 Å². The molecule has 0 aliphatic rings. The predicted molar refractivity (Wildman–Crippen MR) is 85.1 cm³/mol. The number of anilines is 1. The molecule has 5 nitrogen and oxygen atoms in total. The second-order valence-electron chi connectivity index (χ2n) is 5.62. The molecule has 0 fully saturated rings. The van der Waals surface area contributed by atoms with Crippen molar-refractivity contribution in [3.63, 3.8) is 0 Å². The van der Waals surface area contributed by atoms with Gasteiger partial charge >= 0.3 is 0 Å². The van der Waals surface area contributed by atoms with Crippen molar-refractivity contribution in [2.75, 3.05) is 38.6 Å². The van der Waals surface area contributed by atoms with Gasteiger partial charge in [0.25, 0.3) is 0 Å². The molecule has 24 heavy (non-hydrogen) atoms. The van der Waals surface area contributed by atoms with Gasteiger partial charge in [-0.2, -0.15) is 0 Å². The van der Waals surface area contributed by atoms with Gasteiger partial charge in [-0.15, -0.1) is 0 Å². The molecular formula is C16H22F3N3O2. The molecule has 8 heteroatoms. The zero-order chi connectivity index (χ0) is 18.3. The quantitative estimate of drug-likeness (QED) is 0.578. The summed E-state index contributed by atoms with van der Waals surface area (Å²) in [6.45, 7) is 2.34. The summed E-state index contributed by atoms with van der Waals surface area (Å²) in [5.41, 5.74) is -0.387. The Bertz CT molecular complexity index is 594. The van der Waals surface area contributed by atoms with Crippen LogP contribution in [0.4, 0.5) is 18.9 Å². The van der Waals surface area contributed by atoms with Crippen LogP contribution < -0.4 is 10.2 Å². The van der Waals surface area contributed by atoms with Crippen molar-refractivity contribution in [2.45, 2.75) is 19.8 Å². The van der Waals surface area contributed by atoms with Crippen LogP contribution in [0.15, 0.2) is 12.1 Å². The fourth-order valence-electron chi connectivity index (χ4n) is 2.10. The van der Waals surface area contributed by atoms with Gasteiger partial charge in [0.05, 0.1) is 5.69 Å². The Balaban J connectivity index is 2.63. The first-order valence-corrected chi connectivity index (χ1v) is 7.57. The van der Waals surface area contributed by atoms with E-state index < -0.39 is 23.4 Å². The SMILES string of the molecule is CC(=O)N(CCC(=O)NCCCN(C)C)c1ccc(F)c(F)c1F. The molecule has 2 amide bonds. The van der Waals surface area contributed by atoms with Gasteiger partial charge in [0, 0.05) is 26.4 Å². The zero-order valence-corrected chi connectivity index (χ0v) is 14.0. The van der Waals surface area contributed by atoms with Crippen LogP contribution in [0.1, 0.15) is 19.8 Å². The predicted octanol–water partition coefficient (Wildman–Crippen LogP) is 1.91. The summed E-state index contributed by atoms with van der Waals surface area (Å²) in [6, 6.07) is 1.72. The third-order valence-electron chi connectivity index (χ3n) is 3.35. The molecule has 1 aromatic carbocycles.